The maximum absolute atomic E-state index is 11.7. The van der Waals surface area contributed by atoms with Gasteiger partial charge in [0.2, 0.25) is 0 Å². The minimum atomic E-state index is -0.340. The van der Waals surface area contributed by atoms with Gasteiger partial charge < -0.3 is 14.4 Å². The molecule has 1 saturated heterocycles. The molecule has 4 nitrogen and oxygen atoms in total. The fraction of sp³-hybridized carbons (Fsp3) is 0.500. The Bertz CT molecular complexity index is 742. The van der Waals surface area contributed by atoms with Crippen molar-refractivity contribution < 1.29 is 14.4 Å². The van der Waals surface area contributed by atoms with Gasteiger partial charge in [-0.15, -0.1) is 0 Å². The second kappa shape index (κ2) is 6.13. The number of nitrogens with one attached hydrogen (secondary N) is 1. The van der Waals surface area contributed by atoms with Gasteiger partial charge in [0.15, 0.2) is 0 Å². The summed E-state index contributed by atoms with van der Waals surface area (Å²) in [5, 5.41) is 11.5. The van der Waals surface area contributed by atoms with Crippen LogP contribution in [0.15, 0.2) is 21.3 Å². The summed E-state index contributed by atoms with van der Waals surface area (Å²) < 4.78 is 5.31. The fourth-order valence-electron chi connectivity index (χ4n) is 3.54. The average Bonchev–Trinajstić information content (AvgIpc) is 2.96. The van der Waals surface area contributed by atoms with Crippen molar-refractivity contribution in [1.29, 1.82) is 0 Å². The van der Waals surface area contributed by atoms with Gasteiger partial charge in [0, 0.05) is 18.9 Å². The van der Waals surface area contributed by atoms with Gasteiger partial charge in [-0.3, -0.25) is 0 Å². The van der Waals surface area contributed by atoms with E-state index in [-0.39, 0.29) is 5.63 Å². The lowest BCUT2D eigenvalue weighted by molar-refractivity contribution is -0.901. The van der Waals surface area contributed by atoms with Crippen LogP contribution in [-0.4, -0.2) is 18.2 Å². The number of benzene rings is 1. The summed E-state index contributed by atoms with van der Waals surface area (Å²) in [6.07, 6.45) is 4.23. The average molecular weight is 302 g/mol. The van der Waals surface area contributed by atoms with Gasteiger partial charge in [-0.2, -0.15) is 0 Å². The molecule has 1 aromatic carbocycles. The number of hydrogen-bond acceptors (Lipinski definition) is 3. The highest BCUT2D eigenvalue weighted by Crippen LogP contribution is 2.33. The van der Waals surface area contributed by atoms with Gasteiger partial charge in [-0.25, -0.2) is 4.79 Å². The van der Waals surface area contributed by atoms with Crippen molar-refractivity contribution in [3.8, 4) is 5.75 Å². The van der Waals surface area contributed by atoms with E-state index < -0.39 is 0 Å². The molecule has 4 heteroatoms. The number of likely N-dealkylation sites (tertiary alicyclic amines) is 1. The number of fused-ring (bicyclic) bond motifs is 1. The zero-order valence-electron chi connectivity index (χ0n) is 13.4. The number of quaternary nitrogens is 1. The Morgan fingerprint density at radius 1 is 1.27 bits per heavy atom. The zero-order valence-corrected chi connectivity index (χ0v) is 13.4. The van der Waals surface area contributed by atoms with E-state index in [4.69, 9.17) is 4.42 Å². The maximum atomic E-state index is 11.7. The summed E-state index contributed by atoms with van der Waals surface area (Å²) >= 11 is 0. The van der Waals surface area contributed by atoms with Crippen LogP contribution in [0.5, 0.6) is 5.75 Å². The quantitative estimate of drug-likeness (QED) is 0.849. The highest BCUT2D eigenvalue weighted by molar-refractivity contribution is 5.88. The number of phenols is 1. The molecule has 1 aliphatic heterocycles. The summed E-state index contributed by atoms with van der Waals surface area (Å²) in [5.41, 5.74) is 3.06. The minimum absolute atomic E-state index is 0.307. The first-order valence-electron chi connectivity index (χ1n) is 8.22. The molecular weight excluding hydrogens is 278 g/mol. The zero-order chi connectivity index (χ0) is 15.7. The summed E-state index contributed by atoms with van der Waals surface area (Å²) in [5.74, 6) is 0.307. The Hall–Kier alpha value is -1.81. The molecule has 0 unspecified atom stereocenters. The van der Waals surface area contributed by atoms with E-state index in [1.807, 2.05) is 13.0 Å². The number of hydrogen-bond donors (Lipinski definition) is 2. The van der Waals surface area contributed by atoms with Crippen LogP contribution >= 0.6 is 0 Å². The molecule has 2 aromatic rings. The molecule has 0 atom stereocenters. The highest BCUT2D eigenvalue weighted by Gasteiger charge is 2.22. The number of aryl methyl sites for hydroxylation is 2. The van der Waals surface area contributed by atoms with Gasteiger partial charge in [-0.1, -0.05) is 13.3 Å². The third-order valence-corrected chi connectivity index (χ3v) is 4.67. The van der Waals surface area contributed by atoms with Crippen LogP contribution in [0, 0.1) is 6.92 Å². The molecule has 118 valence electrons. The van der Waals surface area contributed by atoms with Crippen LogP contribution < -0.4 is 10.5 Å². The van der Waals surface area contributed by atoms with E-state index in [1.54, 1.807) is 0 Å². The number of aromatic hydroxyl groups is 1. The maximum Gasteiger partial charge on any atom is 0.336 e. The molecular formula is C18H24NO3+. The molecule has 0 saturated carbocycles. The van der Waals surface area contributed by atoms with Gasteiger partial charge >= 0.3 is 5.63 Å². The molecule has 2 N–H and O–H groups in total. The van der Waals surface area contributed by atoms with E-state index in [0.29, 0.717) is 11.3 Å². The number of rotatable bonds is 4. The molecule has 1 aliphatic rings. The highest BCUT2D eigenvalue weighted by atomic mass is 16.4. The Morgan fingerprint density at radius 3 is 2.68 bits per heavy atom. The summed E-state index contributed by atoms with van der Waals surface area (Å²) in [6.45, 7) is 7.24. The molecule has 0 radical (unpaired) electrons. The predicted molar refractivity (Wildman–Crippen MR) is 86.5 cm³/mol. The van der Waals surface area contributed by atoms with Crippen molar-refractivity contribution in [2.45, 2.75) is 46.1 Å². The summed E-state index contributed by atoms with van der Waals surface area (Å²) in [7, 11) is 0. The Kier molecular flexibility index (Phi) is 4.21. The number of phenolic OH excluding ortho intramolecular Hbond substituents is 1. The summed E-state index contributed by atoms with van der Waals surface area (Å²) in [4.78, 5) is 13.2. The van der Waals surface area contributed by atoms with E-state index >= 15 is 0 Å². The molecule has 0 amide bonds. The first-order chi connectivity index (χ1) is 10.6. The van der Waals surface area contributed by atoms with Crippen LogP contribution in [-0.2, 0) is 13.0 Å². The van der Waals surface area contributed by atoms with Crippen LogP contribution in [0.25, 0.3) is 11.0 Å². The fourth-order valence-corrected chi connectivity index (χ4v) is 3.54. The second-order valence-corrected chi connectivity index (χ2v) is 6.37. The normalized spacial score (nSPS) is 15.7. The third-order valence-electron chi connectivity index (χ3n) is 4.67. The van der Waals surface area contributed by atoms with Gasteiger partial charge in [0.05, 0.1) is 24.0 Å². The van der Waals surface area contributed by atoms with Crippen molar-refractivity contribution in [1.82, 2.24) is 0 Å². The van der Waals surface area contributed by atoms with Crippen LogP contribution in [0.3, 0.4) is 0 Å². The first-order valence-corrected chi connectivity index (χ1v) is 8.22. The SMILES string of the molecule is CCCc1cc(=O)oc2cc(C)c(C[NH+]3CCCC3)c(O)c12. The molecule has 22 heavy (non-hydrogen) atoms. The lowest BCUT2D eigenvalue weighted by Crippen LogP contribution is -3.08. The smallest absolute Gasteiger partial charge is 0.336 e. The van der Waals surface area contributed by atoms with Crippen molar-refractivity contribution >= 4 is 11.0 Å². The van der Waals surface area contributed by atoms with E-state index in [2.05, 4.69) is 6.92 Å². The molecule has 3 rings (SSSR count). The van der Waals surface area contributed by atoms with Gasteiger partial charge in [-0.05, 0) is 30.5 Å². The summed E-state index contributed by atoms with van der Waals surface area (Å²) in [6, 6.07) is 3.42. The topological polar surface area (TPSA) is 54.9 Å². The largest absolute Gasteiger partial charge is 0.507 e. The molecule has 1 fully saturated rings. The Morgan fingerprint density at radius 2 is 2.00 bits per heavy atom. The molecule has 2 heterocycles. The van der Waals surface area contributed by atoms with Crippen LogP contribution in [0.2, 0.25) is 0 Å². The standard InChI is InChI=1S/C18H23NO3/c1-3-6-13-10-16(20)22-15-9-12(2)14(18(21)17(13)15)11-19-7-4-5-8-19/h9-10,21H,3-8,11H2,1-2H3/p+1. The molecule has 0 bridgehead atoms. The minimum Gasteiger partial charge on any atom is -0.507 e. The van der Waals surface area contributed by atoms with Crippen molar-refractivity contribution in [3.05, 3.63) is 39.2 Å². The second-order valence-electron chi connectivity index (χ2n) is 6.37. The first kappa shape index (κ1) is 15.1. The molecule has 1 aromatic heterocycles. The Labute approximate surface area is 130 Å². The monoisotopic (exact) mass is 302 g/mol. The van der Waals surface area contributed by atoms with Crippen molar-refractivity contribution in [2.24, 2.45) is 0 Å². The predicted octanol–water partition coefficient (Wildman–Crippen LogP) is 1.94. The molecule has 0 aliphatic carbocycles. The van der Waals surface area contributed by atoms with E-state index in [0.717, 1.165) is 41.5 Å². The Balaban J connectivity index is 2.14. The van der Waals surface area contributed by atoms with Crippen LogP contribution in [0.4, 0.5) is 0 Å². The third kappa shape index (κ3) is 2.75. The van der Waals surface area contributed by atoms with Gasteiger partial charge in [0.1, 0.15) is 17.9 Å². The van der Waals surface area contributed by atoms with E-state index in [9.17, 15) is 9.90 Å². The van der Waals surface area contributed by atoms with Crippen molar-refractivity contribution in [3.63, 3.8) is 0 Å². The van der Waals surface area contributed by atoms with E-state index in [1.165, 1.54) is 36.9 Å². The lowest BCUT2D eigenvalue weighted by atomic mass is 9.98. The van der Waals surface area contributed by atoms with Gasteiger partial charge in [0.25, 0.3) is 0 Å². The van der Waals surface area contributed by atoms with Crippen molar-refractivity contribution in [2.75, 3.05) is 13.1 Å². The lowest BCUT2D eigenvalue weighted by Gasteiger charge is -2.17. The molecule has 0 spiro atoms. The van der Waals surface area contributed by atoms with Crippen LogP contribution in [0.1, 0.15) is 42.9 Å².